The van der Waals surface area contributed by atoms with Gasteiger partial charge >= 0.3 is 0 Å². The normalized spacial score (nSPS) is 15.1. The highest BCUT2D eigenvalue weighted by Gasteiger charge is 2.23. The summed E-state index contributed by atoms with van der Waals surface area (Å²) in [6.07, 6.45) is 2.99. The Morgan fingerprint density at radius 2 is 1.76 bits per heavy atom. The van der Waals surface area contributed by atoms with Crippen molar-refractivity contribution < 1.29 is 9.59 Å². The summed E-state index contributed by atoms with van der Waals surface area (Å²) in [7, 11) is 0. The summed E-state index contributed by atoms with van der Waals surface area (Å²) in [5.74, 6) is 0.144. The van der Waals surface area contributed by atoms with E-state index in [1.807, 2.05) is 21.9 Å². The van der Waals surface area contributed by atoms with Gasteiger partial charge < -0.3 is 14.8 Å². The maximum absolute atomic E-state index is 12.6. The number of rotatable bonds is 3. The van der Waals surface area contributed by atoms with Gasteiger partial charge in [-0.3, -0.25) is 9.59 Å². The average Bonchev–Trinajstić information content (AvgIpc) is 3.02. The Kier molecular flexibility index (Phi) is 5.22. The van der Waals surface area contributed by atoms with Crippen molar-refractivity contribution in [2.75, 3.05) is 26.2 Å². The van der Waals surface area contributed by atoms with Gasteiger partial charge in [0.15, 0.2) is 0 Å². The van der Waals surface area contributed by atoms with Gasteiger partial charge in [-0.15, -0.1) is 0 Å². The van der Waals surface area contributed by atoms with Gasteiger partial charge in [-0.25, -0.2) is 0 Å². The topological polar surface area (TPSA) is 56.4 Å². The molecule has 0 aliphatic carbocycles. The summed E-state index contributed by atoms with van der Waals surface area (Å²) in [4.78, 5) is 31.8. The van der Waals surface area contributed by atoms with E-state index in [-0.39, 0.29) is 11.8 Å². The molecular formula is C20H25N3O2. The van der Waals surface area contributed by atoms with Crippen LogP contribution in [0.15, 0.2) is 36.5 Å². The lowest BCUT2D eigenvalue weighted by molar-refractivity contribution is -0.130. The van der Waals surface area contributed by atoms with Crippen LogP contribution in [0.4, 0.5) is 0 Å². The number of aromatic nitrogens is 1. The van der Waals surface area contributed by atoms with Crippen LogP contribution in [0, 0.1) is 13.8 Å². The molecule has 1 aliphatic heterocycles. The number of nitrogens with one attached hydrogen (secondary N) is 1. The lowest BCUT2D eigenvalue weighted by Gasteiger charge is -2.22. The first kappa shape index (κ1) is 17.3. The standard InChI is InChI=1S/C20H25N3O2/c1-15-6-7-17(13-16(15)2)14-19(24)22-9-4-10-23(12-11-22)20(25)18-5-3-8-21-18/h3,5-8,13,21H,4,9-12,14H2,1-2H3. The Bertz CT molecular complexity index is 752. The third kappa shape index (κ3) is 4.10. The van der Waals surface area contributed by atoms with Gasteiger partial charge in [-0.05, 0) is 49.1 Å². The van der Waals surface area contributed by atoms with Gasteiger partial charge in [-0.2, -0.15) is 0 Å². The van der Waals surface area contributed by atoms with Crippen molar-refractivity contribution >= 4 is 11.8 Å². The molecule has 1 N–H and O–H groups in total. The summed E-state index contributed by atoms with van der Waals surface area (Å²) in [5.41, 5.74) is 4.11. The fourth-order valence-corrected chi connectivity index (χ4v) is 3.20. The van der Waals surface area contributed by atoms with E-state index in [0.717, 1.165) is 12.0 Å². The number of H-pyrrole nitrogens is 1. The number of amides is 2. The number of benzene rings is 1. The van der Waals surface area contributed by atoms with Crippen LogP contribution in [-0.2, 0) is 11.2 Å². The maximum atomic E-state index is 12.6. The third-order valence-corrected chi connectivity index (χ3v) is 4.89. The number of hydrogen-bond acceptors (Lipinski definition) is 2. The minimum absolute atomic E-state index is 0.00783. The van der Waals surface area contributed by atoms with Crippen molar-refractivity contribution in [1.29, 1.82) is 0 Å². The van der Waals surface area contributed by atoms with Crippen molar-refractivity contribution in [1.82, 2.24) is 14.8 Å². The largest absolute Gasteiger partial charge is 0.357 e. The van der Waals surface area contributed by atoms with Crippen molar-refractivity contribution in [3.8, 4) is 0 Å². The molecule has 2 heterocycles. The summed E-state index contributed by atoms with van der Waals surface area (Å²) < 4.78 is 0. The number of carbonyl (C=O) groups excluding carboxylic acids is 2. The van der Waals surface area contributed by atoms with Gasteiger partial charge in [0, 0.05) is 32.4 Å². The smallest absolute Gasteiger partial charge is 0.270 e. The molecule has 1 aromatic heterocycles. The average molecular weight is 339 g/mol. The lowest BCUT2D eigenvalue weighted by Crippen LogP contribution is -2.38. The zero-order valence-electron chi connectivity index (χ0n) is 14.9. The van der Waals surface area contributed by atoms with Gasteiger partial charge in [0.05, 0.1) is 6.42 Å². The first-order chi connectivity index (χ1) is 12.0. The van der Waals surface area contributed by atoms with Crippen molar-refractivity contribution in [3.63, 3.8) is 0 Å². The van der Waals surface area contributed by atoms with Crippen LogP contribution in [0.2, 0.25) is 0 Å². The predicted molar refractivity (Wildman–Crippen MR) is 97.5 cm³/mol. The molecule has 5 nitrogen and oxygen atoms in total. The van der Waals surface area contributed by atoms with Crippen molar-refractivity contribution in [2.24, 2.45) is 0 Å². The summed E-state index contributed by atoms with van der Waals surface area (Å²) >= 11 is 0. The zero-order chi connectivity index (χ0) is 17.8. The molecule has 1 saturated heterocycles. The molecule has 2 amide bonds. The quantitative estimate of drug-likeness (QED) is 0.934. The SMILES string of the molecule is Cc1ccc(CC(=O)N2CCCN(C(=O)c3ccc[nH]3)CC2)cc1C. The molecule has 2 aromatic rings. The highest BCUT2D eigenvalue weighted by Crippen LogP contribution is 2.13. The van der Waals surface area contributed by atoms with E-state index in [0.29, 0.717) is 38.3 Å². The molecule has 1 aromatic carbocycles. The van der Waals surface area contributed by atoms with Crippen LogP contribution in [0.1, 0.15) is 33.6 Å². The summed E-state index contributed by atoms with van der Waals surface area (Å²) in [6.45, 7) is 6.71. The molecular weight excluding hydrogens is 314 g/mol. The summed E-state index contributed by atoms with van der Waals surface area (Å²) in [6, 6.07) is 9.79. The summed E-state index contributed by atoms with van der Waals surface area (Å²) in [5, 5.41) is 0. The molecule has 3 rings (SSSR count). The Balaban J connectivity index is 1.59. The fraction of sp³-hybridized carbons (Fsp3) is 0.400. The molecule has 0 saturated carbocycles. The Morgan fingerprint density at radius 1 is 1.00 bits per heavy atom. The van der Waals surface area contributed by atoms with Gasteiger partial charge in [0.2, 0.25) is 5.91 Å². The van der Waals surface area contributed by atoms with Crippen LogP contribution in [0.5, 0.6) is 0 Å². The van der Waals surface area contributed by atoms with Crippen LogP contribution >= 0.6 is 0 Å². The van der Waals surface area contributed by atoms with E-state index >= 15 is 0 Å². The van der Waals surface area contributed by atoms with Crippen LogP contribution in [0.25, 0.3) is 0 Å². The first-order valence-corrected chi connectivity index (χ1v) is 8.81. The molecule has 0 atom stereocenters. The van der Waals surface area contributed by atoms with Crippen molar-refractivity contribution in [2.45, 2.75) is 26.7 Å². The van der Waals surface area contributed by atoms with E-state index in [1.165, 1.54) is 11.1 Å². The number of aryl methyl sites for hydroxylation is 2. The first-order valence-electron chi connectivity index (χ1n) is 8.81. The van der Waals surface area contributed by atoms with E-state index in [1.54, 1.807) is 12.3 Å². The monoisotopic (exact) mass is 339 g/mol. The Hall–Kier alpha value is -2.56. The molecule has 1 aliphatic rings. The van der Waals surface area contributed by atoms with Gasteiger partial charge in [0.1, 0.15) is 5.69 Å². The van der Waals surface area contributed by atoms with Crippen LogP contribution < -0.4 is 0 Å². The molecule has 5 heteroatoms. The minimum Gasteiger partial charge on any atom is -0.357 e. The Labute approximate surface area is 148 Å². The second-order valence-corrected chi connectivity index (χ2v) is 6.71. The van der Waals surface area contributed by atoms with E-state index in [4.69, 9.17) is 0 Å². The number of carbonyl (C=O) groups is 2. The third-order valence-electron chi connectivity index (χ3n) is 4.89. The predicted octanol–water partition coefficient (Wildman–Crippen LogP) is 2.55. The molecule has 0 spiro atoms. The van der Waals surface area contributed by atoms with E-state index in [9.17, 15) is 9.59 Å². The molecule has 0 bridgehead atoms. The molecule has 25 heavy (non-hydrogen) atoms. The number of nitrogens with zero attached hydrogens (tertiary/aromatic N) is 2. The molecule has 1 fully saturated rings. The molecule has 0 radical (unpaired) electrons. The van der Waals surface area contributed by atoms with E-state index in [2.05, 4.69) is 31.0 Å². The number of hydrogen-bond donors (Lipinski definition) is 1. The maximum Gasteiger partial charge on any atom is 0.270 e. The van der Waals surface area contributed by atoms with Gasteiger partial charge in [0.25, 0.3) is 5.91 Å². The second kappa shape index (κ2) is 7.55. The van der Waals surface area contributed by atoms with Crippen LogP contribution in [0.3, 0.4) is 0 Å². The lowest BCUT2D eigenvalue weighted by atomic mass is 10.0. The van der Waals surface area contributed by atoms with Gasteiger partial charge in [-0.1, -0.05) is 18.2 Å². The van der Waals surface area contributed by atoms with Crippen molar-refractivity contribution in [3.05, 3.63) is 58.9 Å². The highest BCUT2D eigenvalue weighted by atomic mass is 16.2. The highest BCUT2D eigenvalue weighted by molar-refractivity contribution is 5.92. The second-order valence-electron chi connectivity index (χ2n) is 6.71. The number of aromatic amines is 1. The molecule has 132 valence electrons. The fourth-order valence-electron chi connectivity index (χ4n) is 3.20. The Morgan fingerprint density at radius 3 is 2.48 bits per heavy atom. The zero-order valence-corrected chi connectivity index (χ0v) is 14.9. The van der Waals surface area contributed by atoms with E-state index < -0.39 is 0 Å². The van der Waals surface area contributed by atoms with Crippen LogP contribution in [-0.4, -0.2) is 52.8 Å². The minimum atomic E-state index is 0.00783. The molecule has 0 unspecified atom stereocenters.